The van der Waals surface area contributed by atoms with E-state index in [-0.39, 0.29) is 12.0 Å². The summed E-state index contributed by atoms with van der Waals surface area (Å²) in [6.07, 6.45) is 6.08. The van der Waals surface area contributed by atoms with E-state index in [9.17, 15) is 4.79 Å². The average Bonchev–Trinajstić information content (AvgIpc) is 3.01. The highest BCUT2D eigenvalue weighted by atomic mass is 35.5. The molecule has 4 aromatic rings. The second-order valence-corrected chi connectivity index (χ2v) is 10.9. The molecule has 6 nitrogen and oxygen atoms in total. The van der Waals surface area contributed by atoms with Crippen molar-refractivity contribution in [2.24, 2.45) is 5.73 Å². The number of para-hydroxylation sites is 1. The Kier molecular flexibility index (Phi) is 11.8. The molecule has 3 aromatic carbocycles. The van der Waals surface area contributed by atoms with Crippen LogP contribution in [0.4, 0.5) is 0 Å². The summed E-state index contributed by atoms with van der Waals surface area (Å²) in [7, 11) is 3.93. The summed E-state index contributed by atoms with van der Waals surface area (Å²) in [4.78, 5) is 17.2. The first-order valence-electron chi connectivity index (χ1n) is 14.2. The maximum absolute atomic E-state index is 10.2. The number of fused-ring (bicyclic) bond motifs is 1. The lowest BCUT2D eigenvalue weighted by atomic mass is 9.83. The maximum Gasteiger partial charge on any atom is 0.150 e. The lowest BCUT2D eigenvalue weighted by Crippen LogP contribution is -2.43. The van der Waals surface area contributed by atoms with Crippen LogP contribution in [0.5, 0.6) is 0 Å². The molecular formula is C34H40ClN3O3. The summed E-state index contributed by atoms with van der Waals surface area (Å²) >= 11 is 6.81. The third-order valence-corrected chi connectivity index (χ3v) is 7.85. The number of carbonyl (C=O) groups is 1. The number of benzene rings is 3. The smallest absolute Gasteiger partial charge is 0.150 e. The number of halogens is 1. The molecule has 1 saturated heterocycles. The number of methoxy groups -OCH3 is 1. The third kappa shape index (κ3) is 8.44. The Balaban J connectivity index is 0.000000328. The van der Waals surface area contributed by atoms with Gasteiger partial charge in [-0.1, -0.05) is 72.6 Å². The summed E-state index contributed by atoms with van der Waals surface area (Å²) < 4.78 is 11.6. The minimum absolute atomic E-state index is 0.145. The molecule has 1 fully saturated rings. The Morgan fingerprint density at radius 2 is 1.93 bits per heavy atom. The Hall–Kier alpha value is -3.13. The summed E-state index contributed by atoms with van der Waals surface area (Å²) in [5.41, 5.74) is 11.5. The molecule has 2 atom stereocenters. The van der Waals surface area contributed by atoms with Crippen molar-refractivity contribution in [2.75, 3.05) is 40.5 Å². The number of hydrogen-bond donors (Lipinski definition) is 1. The Bertz CT molecular complexity index is 1400. The van der Waals surface area contributed by atoms with Gasteiger partial charge in [0.2, 0.25) is 0 Å². The first kappa shape index (κ1) is 30.8. The van der Waals surface area contributed by atoms with Crippen molar-refractivity contribution < 1.29 is 14.3 Å². The number of hydrogen-bond acceptors (Lipinski definition) is 6. The van der Waals surface area contributed by atoms with Crippen LogP contribution in [0.2, 0.25) is 5.02 Å². The van der Waals surface area contributed by atoms with Crippen molar-refractivity contribution in [3.05, 3.63) is 101 Å². The molecular weight excluding hydrogens is 534 g/mol. The van der Waals surface area contributed by atoms with Crippen LogP contribution in [0.3, 0.4) is 0 Å². The van der Waals surface area contributed by atoms with E-state index in [2.05, 4.69) is 36.2 Å². The third-order valence-electron chi connectivity index (χ3n) is 7.53. The first-order valence-corrected chi connectivity index (χ1v) is 14.6. The van der Waals surface area contributed by atoms with Gasteiger partial charge < -0.3 is 20.1 Å². The average molecular weight is 574 g/mol. The fourth-order valence-corrected chi connectivity index (χ4v) is 5.59. The number of pyridine rings is 1. The molecule has 1 aliphatic rings. The fourth-order valence-electron chi connectivity index (χ4n) is 5.30. The van der Waals surface area contributed by atoms with Gasteiger partial charge in [-0.2, -0.15) is 0 Å². The molecule has 7 heteroatoms. The fraction of sp³-hybridized carbons (Fsp3) is 0.353. The standard InChI is InChI=1S/C26H31ClN2O2.C8H9NO/c1-29-13-15-31-25(18-29)21(9-5-6-14-30-2)22-10-7-11-23(27)26(22)20-16-19-8-3-4-12-24(19)28-17-20;9-5-7-1-3-8(6-10)4-2-7/h3-4,7-8,10-12,16-17,21,25H,5-6,9,13-15,18H2,1-2H3;1-4,6H,5,9H2. The van der Waals surface area contributed by atoms with E-state index >= 15 is 0 Å². The van der Waals surface area contributed by atoms with E-state index < -0.39 is 0 Å². The molecule has 0 radical (unpaired) electrons. The van der Waals surface area contributed by atoms with Crippen LogP contribution in [0, 0.1) is 0 Å². The molecule has 41 heavy (non-hydrogen) atoms. The van der Waals surface area contributed by atoms with E-state index in [1.165, 1.54) is 5.56 Å². The van der Waals surface area contributed by atoms with E-state index in [0.717, 1.165) is 84.5 Å². The minimum atomic E-state index is 0.145. The largest absolute Gasteiger partial charge is 0.385 e. The molecule has 0 saturated carbocycles. The van der Waals surface area contributed by atoms with Gasteiger partial charge in [0.1, 0.15) is 6.29 Å². The van der Waals surface area contributed by atoms with Crippen molar-refractivity contribution >= 4 is 28.8 Å². The molecule has 0 amide bonds. The zero-order valence-electron chi connectivity index (χ0n) is 24.0. The molecule has 2 heterocycles. The summed E-state index contributed by atoms with van der Waals surface area (Å²) in [5.74, 6) is 0.264. The zero-order valence-corrected chi connectivity index (χ0v) is 24.7. The number of ether oxygens (including phenoxy) is 2. The van der Waals surface area contributed by atoms with Crippen molar-refractivity contribution in [1.29, 1.82) is 0 Å². The number of nitrogens with zero attached hydrogens (tertiary/aromatic N) is 2. The molecule has 216 valence electrons. The molecule has 0 bridgehead atoms. The topological polar surface area (TPSA) is 77.7 Å². The monoisotopic (exact) mass is 573 g/mol. The summed E-state index contributed by atoms with van der Waals surface area (Å²) in [5, 5.41) is 1.89. The minimum Gasteiger partial charge on any atom is -0.385 e. The normalized spacial score (nSPS) is 16.1. The van der Waals surface area contributed by atoms with E-state index in [1.807, 2.05) is 42.6 Å². The van der Waals surface area contributed by atoms with Crippen LogP contribution in [-0.4, -0.2) is 62.7 Å². The number of nitrogens with two attached hydrogens (primary N) is 1. The number of unbranched alkanes of at least 4 members (excludes halogenated alkanes) is 1. The molecule has 2 unspecified atom stereocenters. The number of aromatic nitrogens is 1. The van der Waals surface area contributed by atoms with Crippen LogP contribution in [0.25, 0.3) is 22.0 Å². The Morgan fingerprint density at radius 1 is 1.12 bits per heavy atom. The lowest BCUT2D eigenvalue weighted by Gasteiger charge is -2.36. The van der Waals surface area contributed by atoms with Crippen molar-refractivity contribution in [3.63, 3.8) is 0 Å². The highest BCUT2D eigenvalue weighted by Gasteiger charge is 2.30. The molecule has 1 aliphatic heterocycles. The van der Waals surface area contributed by atoms with Crippen molar-refractivity contribution in [2.45, 2.75) is 37.8 Å². The van der Waals surface area contributed by atoms with Gasteiger partial charge in [-0.05, 0) is 49.2 Å². The number of morpholine rings is 1. The molecule has 0 spiro atoms. The highest BCUT2D eigenvalue weighted by molar-refractivity contribution is 6.33. The van der Waals surface area contributed by atoms with E-state index in [4.69, 9.17) is 31.8 Å². The quantitative estimate of drug-likeness (QED) is 0.167. The zero-order chi connectivity index (χ0) is 29.0. The van der Waals surface area contributed by atoms with Gasteiger partial charge in [0, 0.05) is 72.6 Å². The number of carbonyl (C=O) groups excluding carboxylic acids is 1. The highest BCUT2D eigenvalue weighted by Crippen LogP contribution is 2.40. The van der Waals surface area contributed by atoms with Gasteiger partial charge >= 0.3 is 0 Å². The van der Waals surface area contributed by atoms with Crippen LogP contribution in [0.15, 0.2) is 79.0 Å². The summed E-state index contributed by atoms with van der Waals surface area (Å²) in [6.45, 7) is 3.98. The number of aldehydes is 1. The van der Waals surface area contributed by atoms with Gasteiger partial charge in [-0.25, -0.2) is 0 Å². The van der Waals surface area contributed by atoms with Crippen LogP contribution in [-0.2, 0) is 16.0 Å². The Labute approximate surface area is 248 Å². The Morgan fingerprint density at radius 3 is 2.66 bits per heavy atom. The predicted octanol–water partition coefficient (Wildman–Crippen LogP) is 6.74. The maximum atomic E-state index is 10.2. The molecule has 5 rings (SSSR count). The predicted molar refractivity (Wildman–Crippen MR) is 168 cm³/mol. The van der Waals surface area contributed by atoms with E-state index in [0.29, 0.717) is 12.1 Å². The lowest BCUT2D eigenvalue weighted by molar-refractivity contribution is -0.0352. The number of rotatable bonds is 10. The molecule has 0 aliphatic carbocycles. The molecule has 2 N–H and O–H groups in total. The van der Waals surface area contributed by atoms with E-state index in [1.54, 1.807) is 19.2 Å². The van der Waals surface area contributed by atoms with Gasteiger partial charge in [-0.15, -0.1) is 0 Å². The second kappa shape index (κ2) is 15.8. The van der Waals surface area contributed by atoms with Crippen LogP contribution in [0.1, 0.15) is 46.7 Å². The summed E-state index contributed by atoms with van der Waals surface area (Å²) in [6, 6.07) is 23.9. The van der Waals surface area contributed by atoms with Crippen LogP contribution >= 0.6 is 11.6 Å². The second-order valence-electron chi connectivity index (χ2n) is 10.5. The van der Waals surface area contributed by atoms with Gasteiger partial charge in [0.05, 0.1) is 18.2 Å². The number of likely N-dealkylation sites (N-methyl/N-ethyl adjacent to an activating group) is 1. The van der Waals surface area contributed by atoms with Crippen molar-refractivity contribution in [3.8, 4) is 11.1 Å². The SMILES string of the molecule is COCCCCC(c1cccc(Cl)c1-c1cnc2ccccc2c1)C1CN(C)CCO1.NCc1ccc(C=O)cc1. The van der Waals surface area contributed by atoms with Gasteiger partial charge in [-0.3, -0.25) is 9.78 Å². The van der Waals surface area contributed by atoms with Crippen LogP contribution < -0.4 is 5.73 Å². The molecule has 1 aromatic heterocycles. The van der Waals surface area contributed by atoms with Crippen molar-refractivity contribution in [1.82, 2.24) is 9.88 Å². The van der Waals surface area contributed by atoms with Gasteiger partial charge in [0.15, 0.2) is 0 Å². The first-order chi connectivity index (χ1) is 20.0. The van der Waals surface area contributed by atoms with Gasteiger partial charge in [0.25, 0.3) is 0 Å².